The van der Waals surface area contributed by atoms with E-state index in [9.17, 15) is 23.2 Å². The minimum absolute atomic E-state index is 0.150. The van der Waals surface area contributed by atoms with E-state index in [1.54, 1.807) is 30.3 Å². The van der Waals surface area contributed by atoms with E-state index in [4.69, 9.17) is 5.26 Å². The van der Waals surface area contributed by atoms with Crippen LogP contribution in [-0.4, -0.2) is 46.8 Å². The number of aromatic amines is 1. The van der Waals surface area contributed by atoms with Crippen molar-refractivity contribution in [1.29, 1.82) is 5.26 Å². The second-order valence-electron chi connectivity index (χ2n) is 5.99. The predicted octanol–water partition coefficient (Wildman–Crippen LogP) is 1.02. The van der Waals surface area contributed by atoms with Crippen LogP contribution < -0.4 is 10.9 Å². The molecule has 0 radical (unpaired) electrons. The first-order valence-electron chi connectivity index (χ1n) is 7.78. The normalized spacial score (nSPS) is 18.5. The van der Waals surface area contributed by atoms with Crippen LogP contribution in [0.1, 0.15) is 16.8 Å². The maximum atomic E-state index is 13.4. The number of likely N-dealkylation sites (tertiary alicyclic amines) is 1. The molecule has 1 unspecified atom stereocenters. The largest absolute Gasteiger partial charge is 0.343 e. The van der Waals surface area contributed by atoms with Crippen molar-refractivity contribution in [1.82, 2.24) is 15.2 Å². The lowest BCUT2D eigenvalue weighted by Gasteiger charge is -2.19. The number of alkyl halides is 2. The lowest BCUT2D eigenvalue weighted by Crippen LogP contribution is -2.43. The molecular formula is C17H14F2N4O3. The quantitative estimate of drug-likeness (QED) is 0.852. The molecule has 1 aliphatic heterocycles. The molecule has 0 bridgehead atoms. The summed E-state index contributed by atoms with van der Waals surface area (Å²) in [6.07, 6.45) is 0.514. The Bertz CT molecular complexity index is 980. The molecule has 1 aromatic carbocycles. The zero-order valence-electron chi connectivity index (χ0n) is 13.5. The van der Waals surface area contributed by atoms with Crippen LogP contribution in [0, 0.1) is 11.3 Å². The maximum absolute atomic E-state index is 13.4. The van der Waals surface area contributed by atoms with Crippen LogP contribution in [0.2, 0.25) is 0 Å². The number of nitrogens with one attached hydrogen (secondary N) is 2. The number of rotatable bonds is 3. The number of hydrogen-bond donors (Lipinski definition) is 2. The molecule has 1 atom stereocenters. The van der Waals surface area contributed by atoms with Crippen LogP contribution in [0.25, 0.3) is 10.8 Å². The lowest BCUT2D eigenvalue weighted by molar-refractivity contribution is -0.131. The first kappa shape index (κ1) is 17.5. The summed E-state index contributed by atoms with van der Waals surface area (Å²) in [6.45, 7) is -1.37. The number of carbonyl (C=O) groups excluding carboxylic acids is 2. The zero-order valence-corrected chi connectivity index (χ0v) is 13.5. The molecule has 2 amide bonds. The van der Waals surface area contributed by atoms with Crippen LogP contribution >= 0.6 is 0 Å². The Labute approximate surface area is 146 Å². The molecule has 0 aliphatic carbocycles. The third-order valence-corrected chi connectivity index (χ3v) is 4.19. The fourth-order valence-corrected chi connectivity index (χ4v) is 2.94. The van der Waals surface area contributed by atoms with E-state index < -0.39 is 43.3 Å². The number of halogens is 2. The number of aromatic nitrogens is 1. The summed E-state index contributed by atoms with van der Waals surface area (Å²) >= 11 is 0. The number of amides is 2. The number of hydrogen-bond acceptors (Lipinski definition) is 4. The molecule has 0 spiro atoms. The topological polar surface area (TPSA) is 106 Å². The highest BCUT2D eigenvalue weighted by atomic mass is 19.3. The van der Waals surface area contributed by atoms with Crippen molar-refractivity contribution in [2.45, 2.75) is 18.4 Å². The van der Waals surface area contributed by atoms with Crippen molar-refractivity contribution >= 4 is 22.6 Å². The van der Waals surface area contributed by atoms with Gasteiger partial charge < -0.3 is 15.2 Å². The standard InChI is InChI=1S/C17H14F2N4O3/c18-17(19)5-10(6-20)23(9-17)14(24)8-22-16(26)13-7-21-15(25)12-4-2-1-3-11(12)13/h1-4,7,10H,5,8-9H2,(H,21,25)(H,22,26). The summed E-state index contributed by atoms with van der Waals surface area (Å²) in [5.74, 6) is -4.52. The molecule has 0 saturated carbocycles. The fourth-order valence-electron chi connectivity index (χ4n) is 2.94. The second kappa shape index (κ2) is 6.55. The third kappa shape index (κ3) is 3.26. The summed E-state index contributed by atoms with van der Waals surface area (Å²) < 4.78 is 26.8. The van der Waals surface area contributed by atoms with E-state index in [1.807, 2.05) is 0 Å². The van der Waals surface area contributed by atoms with Gasteiger partial charge in [0.25, 0.3) is 17.4 Å². The highest BCUT2D eigenvalue weighted by Gasteiger charge is 2.47. The molecule has 1 fully saturated rings. The van der Waals surface area contributed by atoms with E-state index in [-0.39, 0.29) is 11.1 Å². The minimum atomic E-state index is -3.12. The zero-order chi connectivity index (χ0) is 18.9. The van der Waals surface area contributed by atoms with Crippen LogP contribution in [0.15, 0.2) is 35.3 Å². The molecule has 2 heterocycles. The minimum Gasteiger partial charge on any atom is -0.343 e. The average molecular weight is 360 g/mol. The van der Waals surface area contributed by atoms with Crippen molar-refractivity contribution in [3.8, 4) is 6.07 Å². The summed E-state index contributed by atoms with van der Waals surface area (Å²) in [4.78, 5) is 39.5. The third-order valence-electron chi connectivity index (χ3n) is 4.19. The number of H-pyrrole nitrogens is 1. The van der Waals surface area contributed by atoms with Crippen molar-refractivity contribution in [3.63, 3.8) is 0 Å². The SMILES string of the molecule is N#CC1CC(F)(F)CN1C(=O)CNC(=O)c1c[nH]c(=O)c2ccccc12. The Kier molecular flexibility index (Phi) is 4.42. The van der Waals surface area contributed by atoms with E-state index in [0.29, 0.717) is 10.8 Å². The molecule has 9 heteroatoms. The van der Waals surface area contributed by atoms with E-state index in [1.165, 1.54) is 6.20 Å². The first-order valence-corrected chi connectivity index (χ1v) is 7.78. The Morgan fingerprint density at radius 3 is 2.73 bits per heavy atom. The van der Waals surface area contributed by atoms with Crippen LogP contribution in [0.5, 0.6) is 0 Å². The van der Waals surface area contributed by atoms with Gasteiger partial charge >= 0.3 is 0 Å². The van der Waals surface area contributed by atoms with Crippen molar-refractivity contribution in [3.05, 3.63) is 46.4 Å². The lowest BCUT2D eigenvalue weighted by atomic mass is 10.1. The Balaban J connectivity index is 1.74. The molecule has 3 rings (SSSR count). The molecule has 1 aromatic heterocycles. The number of benzene rings is 1. The van der Waals surface area contributed by atoms with Crippen molar-refractivity contribution < 1.29 is 18.4 Å². The van der Waals surface area contributed by atoms with Gasteiger partial charge in [-0.15, -0.1) is 0 Å². The number of pyridine rings is 1. The Morgan fingerprint density at radius 2 is 2.04 bits per heavy atom. The summed E-state index contributed by atoms with van der Waals surface area (Å²) in [7, 11) is 0. The smallest absolute Gasteiger partial charge is 0.268 e. The fraction of sp³-hybridized carbons (Fsp3) is 0.294. The molecule has 7 nitrogen and oxygen atoms in total. The number of fused-ring (bicyclic) bond motifs is 1. The Morgan fingerprint density at radius 1 is 1.35 bits per heavy atom. The highest BCUT2D eigenvalue weighted by Crippen LogP contribution is 2.31. The van der Waals surface area contributed by atoms with Gasteiger partial charge in [-0.25, -0.2) is 8.78 Å². The summed E-state index contributed by atoms with van der Waals surface area (Å²) in [6, 6.07) is 6.91. The van der Waals surface area contributed by atoms with Crippen LogP contribution in [-0.2, 0) is 4.79 Å². The molecular weight excluding hydrogens is 346 g/mol. The predicted molar refractivity (Wildman–Crippen MR) is 87.6 cm³/mol. The van der Waals surface area contributed by atoms with Gasteiger partial charge in [0.15, 0.2) is 0 Å². The number of carbonyl (C=O) groups is 2. The van der Waals surface area contributed by atoms with Gasteiger partial charge in [0.2, 0.25) is 5.91 Å². The van der Waals surface area contributed by atoms with Gasteiger partial charge in [-0.05, 0) is 6.07 Å². The van der Waals surface area contributed by atoms with Crippen LogP contribution in [0.3, 0.4) is 0 Å². The number of nitriles is 1. The average Bonchev–Trinajstić information content (AvgIpc) is 2.95. The second-order valence-corrected chi connectivity index (χ2v) is 5.99. The number of nitrogens with zero attached hydrogens (tertiary/aromatic N) is 2. The van der Waals surface area contributed by atoms with E-state index in [2.05, 4.69) is 10.3 Å². The summed E-state index contributed by atoms with van der Waals surface area (Å²) in [5, 5.41) is 12.0. The molecule has 1 saturated heterocycles. The van der Waals surface area contributed by atoms with Gasteiger partial charge in [0, 0.05) is 23.4 Å². The van der Waals surface area contributed by atoms with Crippen LogP contribution in [0.4, 0.5) is 8.78 Å². The molecule has 2 aromatic rings. The van der Waals surface area contributed by atoms with Gasteiger partial charge in [0.05, 0.1) is 24.7 Å². The molecule has 1 aliphatic rings. The van der Waals surface area contributed by atoms with Crippen molar-refractivity contribution in [2.75, 3.05) is 13.1 Å². The van der Waals surface area contributed by atoms with Gasteiger partial charge in [0.1, 0.15) is 6.04 Å². The van der Waals surface area contributed by atoms with E-state index in [0.717, 1.165) is 4.90 Å². The van der Waals surface area contributed by atoms with Gasteiger partial charge in [-0.1, -0.05) is 18.2 Å². The van der Waals surface area contributed by atoms with E-state index >= 15 is 0 Å². The summed E-state index contributed by atoms with van der Waals surface area (Å²) in [5.41, 5.74) is -0.207. The molecule has 2 N–H and O–H groups in total. The first-order chi connectivity index (χ1) is 12.3. The maximum Gasteiger partial charge on any atom is 0.268 e. The van der Waals surface area contributed by atoms with Gasteiger partial charge in [-0.2, -0.15) is 5.26 Å². The monoisotopic (exact) mass is 360 g/mol. The van der Waals surface area contributed by atoms with Crippen molar-refractivity contribution in [2.24, 2.45) is 0 Å². The molecule has 26 heavy (non-hydrogen) atoms. The molecule has 134 valence electrons. The van der Waals surface area contributed by atoms with Gasteiger partial charge in [-0.3, -0.25) is 14.4 Å². The Hall–Kier alpha value is -3.28. The highest BCUT2D eigenvalue weighted by molar-refractivity contribution is 6.07.